The van der Waals surface area contributed by atoms with Gasteiger partial charge in [-0.2, -0.15) is 9.61 Å². The Kier molecular flexibility index (Phi) is 6.13. The molecule has 1 aliphatic carbocycles. The van der Waals surface area contributed by atoms with E-state index >= 15 is 8.78 Å². The second kappa shape index (κ2) is 9.37. The Balaban J connectivity index is 1.33. The number of aliphatic hydroxyl groups is 1. The van der Waals surface area contributed by atoms with Crippen molar-refractivity contribution in [1.82, 2.24) is 19.6 Å². The number of fused-ring (bicyclic) bond motifs is 1. The number of hydrogen-bond donors (Lipinski definition) is 3. The first-order chi connectivity index (χ1) is 18.2. The molecule has 3 aromatic heterocycles. The van der Waals surface area contributed by atoms with Gasteiger partial charge in [-0.15, -0.1) is 0 Å². The highest BCUT2D eigenvalue weighted by Gasteiger charge is 2.42. The lowest BCUT2D eigenvalue weighted by Crippen LogP contribution is -2.54. The molecule has 2 fully saturated rings. The van der Waals surface area contributed by atoms with Crippen molar-refractivity contribution in [3.8, 4) is 11.3 Å². The molecule has 0 amide bonds. The second-order valence-electron chi connectivity index (χ2n) is 10.7. The van der Waals surface area contributed by atoms with Crippen molar-refractivity contribution in [1.29, 1.82) is 0 Å². The van der Waals surface area contributed by atoms with E-state index in [1.807, 2.05) is 13.0 Å². The molecule has 4 N–H and O–H groups in total. The number of nitrogens with one attached hydrogen (secondary N) is 1. The summed E-state index contributed by atoms with van der Waals surface area (Å²) >= 11 is 0. The summed E-state index contributed by atoms with van der Waals surface area (Å²) in [5.41, 5.74) is 8.39. The summed E-state index contributed by atoms with van der Waals surface area (Å²) in [5, 5.41) is 18.6. The van der Waals surface area contributed by atoms with E-state index in [1.165, 1.54) is 16.6 Å². The normalized spacial score (nSPS) is 25.9. The summed E-state index contributed by atoms with van der Waals surface area (Å²) < 4.78 is 36.8. The second-order valence-corrected chi connectivity index (χ2v) is 10.7. The van der Waals surface area contributed by atoms with Gasteiger partial charge in [-0.3, -0.25) is 4.98 Å². The largest absolute Gasteiger partial charge is 0.388 e. The first-order valence-corrected chi connectivity index (χ1v) is 12.8. The van der Waals surface area contributed by atoms with Crippen molar-refractivity contribution in [3.63, 3.8) is 0 Å². The predicted octanol–water partition coefficient (Wildman–Crippen LogP) is 4.52. The van der Waals surface area contributed by atoms with Gasteiger partial charge in [-0.1, -0.05) is 6.92 Å². The fraction of sp³-hybridized carbons (Fsp3) is 0.393. The minimum Gasteiger partial charge on any atom is -0.388 e. The van der Waals surface area contributed by atoms with Gasteiger partial charge in [-0.25, -0.2) is 13.8 Å². The molecule has 4 atom stereocenters. The van der Waals surface area contributed by atoms with Crippen LogP contribution in [0.1, 0.15) is 49.7 Å². The molecule has 6 rings (SSSR count). The average molecular weight is 521 g/mol. The van der Waals surface area contributed by atoms with Gasteiger partial charge in [0.2, 0.25) is 5.95 Å². The van der Waals surface area contributed by atoms with E-state index in [2.05, 4.69) is 20.4 Å². The van der Waals surface area contributed by atoms with Crippen LogP contribution in [0, 0.1) is 17.6 Å². The molecule has 1 saturated carbocycles. The fourth-order valence-corrected chi connectivity index (χ4v) is 5.52. The van der Waals surface area contributed by atoms with Crippen LogP contribution in [0.15, 0.2) is 48.9 Å². The average Bonchev–Trinajstić information content (AvgIpc) is 3.23. The lowest BCUT2D eigenvalue weighted by Gasteiger charge is -2.44. The van der Waals surface area contributed by atoms with Gasteiger partial charge in [0.1, 0.15) is 11.6 Å². The van der Waals surface area contributed by atoms with Crippen molar-refractivity contribution in [2.45, 2.75) is 50.2 Å². The molecular weight excluding hydrogens is 490 g/mol. The van der Waals surface area contributed by atoms with Crippen molar-refractivity contribution >= 4 is 17.2 Å². The van der Waals surface area contributed by atoms with Crippen molar-refractivity contribution in [2.75, 3.05) is 18.5 Å². The van der Waals surface area contributed by atoms with Gasteiger partial charge < -0.3 is 20.9 Å². The Labute approximate surface area is 218 Å². The molecule has 4 aromatic rings. The number of hydrogen-bond acceptors (Lipinski definition) is 7. The molecule has 4 unspecified atom stereocenters. The number of imidazole rings is 1. The molecule has 38 heavy (non-hydrogen) atoms. The molecule has 1 aliphatic heterocycles. The molecule has 0 spiro atoms. The van der Waals surface area contributed by atoms with Gasteiger partial charge in [0, 0.05) is 18.2 Å². The Morgan fingerprint density at radius 3 is 2.55 bits per heavy atom. The van der Waals surface area contributed by atoms with Crippen LogP contribution in [0.2, 0.25) is 0 Å². The van der Waals surface area contributed by atoms with Crippen LogP contribution in [0.4, 0.5) is 20.4 Å². The zero-order valence-corrected chi connectivity index (χ0v) is 21.2. The number of rotatable bonds is 5. The summed E-state index contributed by atoms with van der Waals surface area (Å²) in [7, 11) is 0. The Bertz CT molecular complexity index is 1460. The number of aromatic nitrogens is 4. The van der Waals surface area contributed by atoms with Crippen LogP contribution in [0.3, 0.4) is 0 Å². The van der Waals surface area contributed by atoms with E-state index in [0.29, 0.717) is 36.7 Å². The molecule has 198 valence electrons. The number of anilines is 2. The van der Waals surface area contributed by atoms with Crippen LogP contribution < -0.4 is 11.1 Å². The third kappa shape index (κ3) is 4.22. The van der Waals surface area contributed by atoms with Crippen LogP contribution in [-0.2, 0) is 4.74 Å². The third-order valence-corrected chi connectivity index (χ3v) is 8.28. The molecule has 0 radical (unpaired) electrons. The number of ether oxygens (including phenoxy) is 1. The summed E-state index contributed by atoms with van der Waals surface area (Å²) in [5.74, 6) is -0.803. The lowest BCUT2D eigenvalue weighted by atomic mass is 9.68. The summed E-state index contributed by atoms with van der Waals surface area (Å²) in [6.45, 7) is 4.74. The number of nitrogens with zero attached hydrogens (tertiary/aromatic N) is 4. The molecular formula is C28H30F2N6O2. The van der Waals surface area contributed by atoms with Gasteiger partial charge >= 0.3 is 0 Å². The maximum atomic E-state index is 15.1. The van der Waals surface area contributed by atoms with Gasteiger partial charge in [0.15, 0.2) is 0 Å². The van der Waals surface area contributed by atoms with Crippen molar-refractivity contribution < 1.29 is 18.6 Å². The van der Waals surface area contributed by atoms with Crippen LogP contribution in [0.5, 0.6) is 0 Å². The summed E-state index contributed by atoms with van der Waals surface area (Å²) in [6, 6.07) is 7.61. The van der Waals surface area contributed by atoms with Crippen LogP contribution >= 0.6 is 0 Å². The number of benzene rings is 1. The monoisotopic (exact) mass is 520 g/mol. The minimum absolute atomic E-state index is 0.00874. The Hall–Kier alpha value is -3.47. The molecule has 0 bridgehead atoms. The number of pyridine rings is 1. The maximum absolute atomic E-state index is 15.1. The first-order valence-electron chi connectivity index (χ1n) is 12.8. The zero-order chi connectivity index (χ0) is 26.6. The molecule has 10 heteroatoms. The number of nitrogens with two attached hydrogens (primary N) is 1. The molecule has 1 aromatic carbocycles. The van der Waals surface area contributed by atoms with E-state index in [1.54, 1.807) is 37.6 Å². The van der Waals surface area contributed by atoms with Crippen molar-refractivity contribution in [3.05, 3.63) is 71.7 Å². The Morgan fingerprint density at radius 1 is 1.11 bits per heavy atom. The highest BCUT2D eigenvalue weighted by atomic mass is 19.1. The van der Waals surface area contributed by atoms with E-state index in [0.717, 1.165) is 17.7 Å². The first kappa shape index (κ1) is 24.8. The lowest BCUT2D eigenvalue weighted by molar-refractivity contribution is -0.0463. The maximum Gasteiger partial charge on any atom is 0.229 e. The molecule has 2 aliphatic rings. The van der Waals surface area contributed by atoms with Gasteiger partial charge in [-0.05, 0) is 73.1 Å². The Morgan fingerprint density at radius 2 is 1.87 bits per heavy atom. The SMILES string of the molecule is CC1CC(c2ccncc2Nc2ncc3ccc(-c4c(F)cc(C5COC5)cc4F)nn23)CC(N)C1(C)O. The molecule has 8 nitrogen and oxygen atoms in total. The smallest absolute Gasteiger partial charge is 0.229 e. The van der Waals surface area contributed by atoms with E-state index in [-0.39, 0.29) is 35.1 Å². The van der Waals surface area contributed by atoms with E-state index < -0.39 is 17.2 Å². The topological polar surface area (TPSA) is 111 Å². The van der Waals surface area contributed by atoms with Crippen LogP contribution in [0.25, 0.3) is 16.8 Å². The van der Waals surface area contributed by atoms with Gasteiger partial charge in [0.25, 0.3) is 0 Å². The molecule has 1 saturated heterocycles. The third-order valence-electron chi connectivity index (χ3n) is 8.28. The van der Waals surface area contributed by atoms with Crippen LogP contribution in [-0.4, -0.2) is 49.5 Å². The number of halogens is 2. The van der Waals surface area contributed by atoms with Gasteiger partial charge in [0.05, 0.1) is 53.7 Å². The highest BCUT2D eigenvalue weighted by Crippen LogP contribution is 2.43. The molecule has 4 heterocycles. The zero-order valence-electron chi connectivity index (χ0n) is 21.2. The quantitative estimate of drug-likeness (QED) is 0.355. The van der Waals surface area contributed by atoms with Crippen molar-refractivity contribution in [2.24, 2.45) is 11.7 Å². The van der Waals surface area contributed by atoms with E-state index in [9.17, 15) is 5.11 Å². The van der Waals surface area contributed by atoms with E-state index in [4.69, 9.17) is 10.5 Å². The summed E-state index contributed by atoms with van der Waals surface area (Å²) in [4.78, 5) is 8.74. The highest BCUT2D eigenvalue weighted by molar-refractivity contribution is 5.66. The fourth-order valence-electron chi connectivity index (χ4n) is 5.52. The predicted molar refractivity (Wildman–Crippen MR) is 139 cm³/mol. The minimum atomic E-state index is -0.925. The standard InChI is InChI=1S/C28H30F2N6O2/c1-15-7-17(10-25(31)28(15,2)37)20-5-6-32-12-24(20)34-27-33-11-19-3-4-23(35-36(19)27)26-21(29)8-16(9-22(26)30)18-13-38-14-18/h3-6,8-9,11-12,15,17-18,25,37H,7,10,13-14,31H2,1-2H3,(H,33,34). The summed E-state index contributed by atoms with van der Waals surface area (Å²) in [6.07, 6.45) is 6.48.